The molecule has 1 atom stereocenters. The van der Waals surface area contributed by atoms with Crippen LogP contribution in [0.4, 0.5) is 8.78 Å². The van der Waals surface area contributed by atoms with E-state index >= 15 is 0 Å². The van der Waals surface area contributed by atoms with Gasteiger partial charge >= 0.3 is 5.97 Å². The maximum absolute atomic E-state index is 13.4. The zero-order valence-corrected chi connectivity index (χ0v) is 11.7. The summed E-state index contributed by atoms with van der Waals surface area (Å²) in [4.78, 5) is 25.3. The van der Waals surface area contributed by atoms with Gasteiger partial charge in [-0.15, -0.1) is 0 Å². The number of aromatic nitrogens is 1. The molecule has 0 aliphatic rings. The lowest BCUT2D eigenvalue weighted by molar-refractivity contribution is -0.137. The first-order valence-corrected chi connectivity index (χ1v) is 6.75. The fourth-order valence-corrected chi connectivity index (χ4v) is 1.96. The van der Waals surface area contributed by atoms with E-state index in [-0.39, 0.29) is 24.4 Å². The molecule has 5 nitrogen and oxygen atoms in total. The van der Waals surface area contributed by atoms with Gasteiger partial charge in [0.1, 0.15) is 0 Å². The van der Waals surface area contributed by atoms with E-state index in [2.05, 4.69) is 10.3 Å². The van der Waals surface area contributed by atoms with Crippen molar-refractivity contribution in [3.05, 3.63) is 29.6 Å². The van der Waals surface area contributed by atoms with Crippen LogP contribution >= 0.6 is 0 Å². The van der Waals surface area contributed by atoms with Crippen molar-refractivity contribution in [1.29, 1.82) is 0 Å². The number of carbonyl (C=O) groups excluding carboxylic acids is 1. The van der Waals surface area contributed by atoms with Crippen molar-refractivity contribution in [1.82, 2.24) is 10.3 Å². The topological polar surface area (TPSA) is 79.3 Å². The molecular formula is C14H18F2N2O3. The Kier molecular flexibility index (Phi) is 6.71. The SMILES string of the molecule is CCC(CCNC(=O)c1ccnc(F)c1F)CCC(=O)O. The predicted molar refractivity (Wildman–Crippen MR) is 71.8 cm³/mol. The van der Waals surface area contributed by atoms with E-state index in [0.29, 0.717) is 12.8 Å². The summed E-state index contributed by atoms with van der Waals surface area (Å²) in [6.07, 6.45) is 3.01. The summed E-state index contributed by atoms with van der Waals surface area (Å²) in [5, 5.41) is 11.1. The number of carboxylic acids is 1. The summed E-state index contributed by atoms with van der Waals surface area (Å²) < 4.78 is 26.2. The number of pyridine rings is 1. The molecule has 0 saturated carbocycles. The lowest BCUT2D eigenvalue weighted by Gasteiger charge is -2.14. The van der Waals surface area contributed by atoms with Crippen LogP contribution in [0.5, 0.6) is 0 Å². The van der Waals surface area contributed by atoms with E-state index in [0.717, 1.165) is 18.7 Å². The summed E-state index contributed by atoms with van der Waals surface area (Å²) in [6, 6.07) is 1.11. The number of amides is 1. The summed E-state index contributed by atoms with van der Waals surface area (Å²) in [5.41, 5.74) is -0.388. The van der Waals surface area contributed by atoms with E-state index < -0.39 is 23.6 Å². The highest BCUT2D eigenvalue weighted by Crippen LogP contribution is 2.15. The first-order chi connectivity index (χ1) is 9.95. The maximum atomic E-state index is 13.4. The predicted octanol–water partition coefficient (Wildman–Crippen LogP) is 2.37. The largest absolute Gasteiger partial charge is 0.481 e. The van der Waals surface area contributed by atoms with Crippen molar-refractivity contribution in [3.8, 4) is 0 Å². The smallest absolute Gasteiger partial charge is 0.303 e. The molecule has 0 bridgehead atoms. The zero-order chi connectivity index (χ0) is 15.8. The Hall–Kier alpha value is -2.05. The van der Waals surface area contributed by atoms with Gasteiger partial charge in [0.2, 0.25) is 5.95 Å². The van der Waals surface area contributed by atoms with Crippen molar-refractivity contribution < 1.29 is 23.5 Å². The first kappa shape index (κ1) is 17.0. The van der Waals surface area contributed by atoms with Crippen LogP contribution in [0.2, 0.25) is 0 Å². The van der Waals surface area contributed by atoms with E-state index in [1.54, 1.807) is 0 Å². The van der Waals surface area contributed by atoms with Gasteiger partial charge in [0.25, 0.3) is 5.91 Å². The Morgan fingerprint density at radius 1 is 1.38 bits per heavy atom. The van der Waals surface area contributed by atoms with Gasteiger partial charge < -0.3 is 10.4 Å². The standard InChI is InChI=1S/C14H18F2N2O3/c1-2-9(3-4-11(19)20)5-7-18-14(21)10-6-8-17-13(16)12(10)15/h6,8-9H,2-5,7H2,1H3,(H,18,21)(H,19,20). The fourth-order valence-electron chi connectivity index (χ4n) is 1.96. The zero-order valence-electron chi connectivity index (χ0n) is 11.7. The summed E-state index contributed by atoms with van der Waals surface area (Å²) >= 11 is 0. The van der Waals surface area contributed by atoms with E-state index in [1.165, 1.54) is 0 Å². The van der Waals surface area contributed by atoms with Crippen molar-refractivity contribution >= 4 is 11.9 Å². The number of hydrogen-bond acceptors (Lipinski definition) is 3. The minimum absolute atomic E-state index is 0.0800. The van der Waals surface area contributed by atoms with Crippen molar-refractivity contribution in [2.24, 2.45) is 5.92 Å². The fraction of sp³-hybridized carbons (Fsp3) is 0.500. The minimum Gasteiger partial charge on any atom is -0.481 e. The van der Waals surface area contributed by atoms with Gasteiger partial charge in [-0.05, 0) is 24.8 Å². The van der Waals surface area contributed by atoms with Crippen LogP contribution in [0, 0.1) is 17.7 Å². The number of nitrogens with zero attached hydrogens (tertiary/aromatic N) is 1. The molecule has 0 aromatic carbocycles. The van der Waals surface area contributed by atoms with Gasteiger partial charge in [-0.2, -0.15) is 4.39 Å². The second-order valence-corrected chi connectivity index (χ2v) is 4.71. The average Bonchev–Trinajstić information content (AvgIpc) is 2.45. The monoisotopic (exact) mass is 300 g/mol. The number of hydrogen-bond donors (Lipinski definition) is 2. The summed E-state index contributed by atoms with van der Waals surface area (Å²) in [5.74, 6) is -3.97. The molecule has 7 heteroatoms. The molecule has 21 heavy (non-hydrogen) atoms. The van der Waals surface area contributed by atoms with E-state index in [1.807, 2.05) is 6.92 Å². The van der Waals surface area contributed by atoms with Crippen LogP contribution in [-0.2, 0) is 4.79 Å². The molecule has 1 aromatic heterocycles. The molecule has 0 fully saturated rings. The van der Waals surface area contributed by atoms with Gasteiger partial charge in [-0.1, -0.05) is 13.3 Å². The summed E-state index contributed by atoms with van der Waals surface area (Å²) in [7, 11) is 0. The second kappa shape index (κ2) is 8.28. The number of halogens is 2. The first-order valence-electron chi connectivity index (χ1n) is 6.75. The normalized spacial score (nSPS) is 12.0. The molecule has 0 aliphatic carbocycles. The number of aliphatic carboxylic acids is 1. The number of carboxylic acid groups (broad SMARTS) is 1. The lowest BCUT2D eigenvalue weighted by atomic mass is 9.96. The Morgan fingerprint density at radius 3 is 2.71 bits per heavy atom. The average molecular weight is 300 g/mol. The van der Waals surface area contributed by atoms with Gasteiger partial charge in [-0.3, -0.25) is 9.59 Å². The lowest BCUT2D eigenvalue weighted by Crippen LogP contribution is -2.27. The summed E-state index contributed by atoms with van der Waals surface area (Å²) in [6.45, 7) is 2.21. The van der Waals surface area contributed by atoms with Crippen LogP contribution in [-0.4, -0.2) is 28.5 Å². The molecule has 1 heterocycles. The number of nitrogens with one attached hydrogen (secondary N) is 1. The molecule has 0 aliphatic heterocycles. The van der Waals surface area contributed by atoms with Crippen LogP contribution in [0.3, 0.4) is 0 Å². The third kappa shape index (κ3) is 5.45. The molecule has 1 aromatic rings. The van der Waals surface area contributed by atoms with Crippen LogP contribution < -0.4 is 5.32 Å². The van der Waals surface area contributed by atoms with Crippen molar-refractivity contribution in [2.75, 3.05) is 6.54 Å². The second-order valence-electron chi connectivity index (χ2n) is 4.71. The molecule has 1 rings (SSSR count). The van der Waals surface area contributed by atoms with Crippen molar-refractivity contribution in [2.45, 2.75) is 32.6 Å². The highest BCUT2D eigenvalue weighted by molar-refractivity contribution is 5.94. The molecule has 0 saturated heterocycles. The Bertz CT molecular complexity index is 509. The van der Waals surface area contributed by atoms with Gasteiger partial charge in [0.05, 0.1) is 5.56 Å². The van der Waals surface area contributed by atoms with Crippen LogP contribution in [0.1, 0.15) is 43.0 Å². The Morgan fingerprint density at radius 2 is 2.10 bits per heavy atom. The minimum atomic E-state index is -1.31. The van der Waals surface area contributed by atoms with Gasteiger partial charge in [0, 0.05) is 19.2 Å². The van der Waals surface area contributed by atoms with E-state index in [4.69, 9.17) is 5.11 Å². The molecule has 1 unspecified atom stereocenters. The quantitative estimate of drug-likeness (QED) is 0.722. The molecule has 116 valence electrons. The molecule has 0 spiro atoms. The molecule has 0 radical (unpaired) electrons. The molecular weight excluding hydrogens is 282 g/mol. The third-order valence-corrected chi connectivity index (χ3v) is 3.27. The highest BCUT2D eigenvalue weighted by atomic mass is 19.2. The maximum Gasteiger partial charge on any atom is 0.303 e. The van der Waals surface area contributed by atoms with Crippen molar-refractivity contribution in [3.63, 3.8) is 0 Å². The van der Waals surface area contributed by atoms with Gasteiger partial charge in [0.15, 0.2) is 5.82 Å². The van der Waals surface area contributed by atoms with Crippen LogP contribution in [0.25, 0.3) is 0 Å². The third-order valence-electron chi connectivity index (χ3n) is 3.27. The number of carbonyl (C=O) groups is 2. The number of rotatable bonds is 8. The Balaban J connectivity index is 2.45. The van der Waals surface area contributed by atoms with Crippen LogP contribution in [0.15, 0.2) is 12.3 Å². The highest BCUT2D eigenvalue weighted by Gasteiger charge is 2.16. The molecule has 1 amide bonds. The van der Waals surface area contributed by atoms with Gasteiger partial charge in [-0.25, -0.2) is 9.37 Å². The van der Waals surface area contributed by atoms with E-state index in [9.17, 15) is 18.4 Å². The Labute approximate surface area is 121 Å². The molecule has 2 N–H and O–H groups in total.